The molecule has 0 bridgehead atoms. The lowest BCUT2D eigenvalue weighted by atomic mass is 9.93. The van der Waals surface area contributed by atoms with Crippen LogP contribution in [0.5, 0.6) is 0 Å². The van der Waals surface area contributed by atoms with Crippen LogP contribution < -0.4 is 0 Å². The van der Waals surface area contributed by atoms with Crippen LogP contribution in [0.4, 0.5) is 0 Å². The highest BCUT2D eigenvalue weighted by molar-refractivity contribution is 4.76. The largest absolute Gasteiger partial charge is 0.0651 e. The fourth-order valence-corrected chi connectivity index (χ4v) is 2.09. The van der Waals surface area contributed by atoms with Gasteiger partial charge in [-0.3, -0.25) is 0 Å². The molecule has 0 nitrogen and oxygen atoms in total. The first-order valence-corrected chi connectivity index (χ1v) is 4.74. The van der Waals surface area contributed by atoms with Crippen LogP contribution in [-0.4, -0.2) is 0 Å². The van der Waals surface area contributed by atoms with Gasteiger partial charge in [0.25, 0.3) is 0 Å². The molecule has 1 rings (SSSR count). The van der Waals surface area contributed by atoms with E-state index in [1.165, 1.54) is 25.7 Å². The Bertz CT molecular complexity index is 94.2. The van der Waals surface area contributed by atoms with Gasteiger partial charge in [-0.1, -0.05) is 33.6 Å². The van der Waals surface area contributed by atoms with Crippen LogP contribution in [0.15, 0.2) is 0 Å². The zero-order valence-corrected chi connectivity index (χ0v) is 7.56. The SMILES string of the molecule is CCC1CC[C@H](C(C)C)C1. The Morgan fingerprint density at radius 1 is 1.30 bits per heavy atom. The topological polar surface area (TPSA) is 0 Å². The fourth-order valence-electron chi connectivity index (χ4n) is 2.09. The number of hydrogen-bond donors (Lipinski definition) is 0. The Labute approximate surface area is 65.0 Å². The maximum atomic E-state index is 2.36. The third-order valence-electron chi connectivity index (χ3n) is 3.10. The lowest BCUT2D eigenvalue weighted by Gasteiger charge is -2.13. The standard InChI is InChI=1S/C10H20/c1-4-9-5-6-10(7-9)8(2)3/h8-10H,4-7H2,1-3H3/t9?,10-/m0/s1. The van der Waals surface area contributed by atoms with Crippen LogP contribution >= 0.6 is 0 Å². The Morgan fingerprint density at radius 3 is 2.30 bits per heavy atom. The highest BCUT2D eigenvalue weighted by atomic mass is 14.3. The Morgan fingerprint density at radius 2 is 2.00 bits per heavy atom. The first-order valence-electron chi connectivity index (χ1n) is 4.74. The van der Waals surface area contributed by atoms with Crippen LogP contribution in [0.1, 0.15) is 46.5 Å². The van der Waals surface area contributed by atoms with E-state index >= 15 is 0 Å². The molecule has 0 aromatic rings. The van der Waals surface area contributed by atoms with E-state index in [-0.39, 0.29) is 0 Å². The number of rotatable bonds is 2. The van der Waals surface area contributed by atoms with E-state index in [9.17, 15) is 0 Å². The van der Waals surface area contributed by atoms with Gasteiger partial charge in [0.1, 0.15) is 0 Å². The second-order valence-electron chi connectivity index (χ2n) is 4.09. The zero-order chi connectivity index (χ0) is 7.56. The van der Waals surface area contributed by atoms with E-state index in [0.29, 0.717) is 0 Å². The maximum Gasteiger partial charge on any atom is -0.0388 e. The summed E-state index contributed by atoms with van der Waals surface area (Å²) in [4.78, 5) is 0. The molecule has 10 heavy (non-hydrogen) atoms. The molecular formula is C10H20. The van der Waals surface area contributed by atoms with E-state index in [1.54, 1.807) is 0 Å². The maximum absolute atomic E-state index is 2.36. The highest BCUT2D eigenvalue weighted by Gasteiger charge is 2.24. The summed E-state index contributed by atoms with van der Waals surface area (Å²) in [5.41, 5.74) is 0. The van der Waals surface area contributed by atoms with Gasteiger partial charge in [0.15, 0.2) is 0 Å². The molecule has 0 aromatic heterocycles. The van der Waals surface area contributed by atoms with Crippen LogP contribution in [0.2, 0.25) is 0 Å². The lowest BCUT2D eigenvalue weighted by Crippen LogP contribution is -2.03. The molecule has 1 saturated carbocycles. The molecule has 60 valence electrons. The third-order valence-corrected chi connectivity index (χ3v) is 3.10. The van der Waals surface area contributed by atoms with E-state index in [1.807, 2.05) is 0 Å². The van der Waals surface area contributed by atoms with Gasteiger partial charge in [0.05, 0.1) is 0 Å². The molecule has 0 N–H and O–H groups in total. The molecule has 0 heterocycles. The lowest BCUT2D eigenvalue weighted by molar-refractivity contribution is 0.376. The highest BCUT2D eigenvalue weighted by Crippen LogP contribution is 2.36. The Balaban J connectivity index is 2.28. The van der Waals surface area contributed by atoms with Crippen molar-refractivity contribution in [2.45, 2.75) is 46.5 Å². The molecule has 0 aromatic carbocycles. The summed E-state index contributed by atoms with van der Waals surface area (Å²) in [6, 6.07) is 0. The average molecular weight is 140 g/mol. The quantitative estimate of drug-likeness (QED) is 0.551. The molecule has 1 fully saturated rings. The van der Waals surface area contributed by atoms with Crippen LogP contribution in [0.25, 0.3) is 0 Å². The van der Waals surface area contributed by atoms with Crippen molar-refractivity contribution in [2.24, 2.45) is 17.8 Å². The van der Waals surface area contributed by atoms with Gasteiger partial charge in [-0.2, -0.15) is 0 Å². The molecular weight excluding hydrogens is 120 g/mol. The molecule has 1 unspecified atom stereocenters. The summed E-state index contributed by atoms with van der Waals surface area (Å²) in [6.45, 7) is 7.05. The second-order valence-corrected chi connectivity index (χ2v) is 4.09. The van der Waals surface area contributed by atoms with Gasteiger partial charge in [0, 0.05) is 0 Å². The minimum absolute atomic E-state index is 0.927. The fraction of sp³-hybridized carbons (Fsp3) is 1.00. The molecule has 1 aliphatic carbocycles. The summed E-state index contributed by atoms with van der Waals surface area (Å²) in [5.74, 6) is 3.04. The second kappa shape index (κ2) is 3.41. The van der Waals surface area contributed by atoms with Crippen molar-refractivity contribution in [3.05, 3.63) is 0 Å². The molecule has 2 atom stereocenters. The molecule has 0 saturated heterocycles. The van der Waals surface area contributed by atoms with E-state index in [2.05, 4.69) is 20.8 Å². The molecule has 0 spiro atoms. The summed E-state index contributed by atoms with van der Waals surface area (Å²) in [6.07, 6.45) is 5.91. The van der Waals surface area contributed by atoms with E-state index < -0.39 is 0 Å². The van der Waals surface area contributed by atoms with Crippen molar-refractivity contribution < 1.29 is 0 Å². The molecule has 0 amide bonds. The molecule has 0 heteroatoms. The van der Waals surface area contributed by atoms with Crippen molar-refractivity contribution in [1.29, 1.82) is 0 Å². The van der Waals surface area contributed by atoms with E-state index in [0.717, 1.165) is 17.8 Å². The summed E-state index contributed by atoms with van der Waals surface area (Å²) < 4.78 is 0. The van der Waals surface area contributed by atoms with Gasteiger partial charge in [0.2, 0.25) is 0 Å². The number of hydrogen-bond acceptors (Lipinski definition) is 0. The summed E-state index contributed by atoms with van der Waals surface area (Å²) in [7, 11) is 0. The van der Waals surface area contributed by atoms with Crippen molar-refractivity contribution >= 4 is 0 Å². The minimum atomic E-state index is 0.927. The summed E-state index contributed by atoms with van der Waals surface area (Å²) >= 11 is 0. The van der Waals surface area contributed by atoms with Gasteiger partial charge >= 0.3 is 0 Å². The van der Waals surface area contributed by atoms with Crippen molar-refractivity contribution in [1.82, 2.24) is 0 Å². The first kappa shape index (κ1) is 8.10. The van der Waals surface area contributed by atoms with Gasteiger partial charge in [-0.25, -0.2) is 0 Å². The van der Waals surface area contributed by atoms with Gasteiger partial charge < -0.3 is 0 Å². The predicted molar refractivity (Wildman–Crippen MR) is 46.0 cm³/mol. The Kier molecular flexibility index (Phi) is 2.76. The van der Waals surface area contributed by atoms with Crippen LogP contribution in [-0.2, 0) is 0 Å². The Hall–Kier alpha value is 0. The van der Waals surface area contributed by atoms with Gasteiger partial charge in [-0.15, -0.1) is 0 Å². The van der Waals surface area contributed by atoms with E-state index in [4.69, 9.17) is 0 Å². The smallest absolute Gasteiger partial charge is 0.0388 e. The summed E-state index contributed by atoms with van der Waals surface area (Å²) in [5, 5.41) is 0. The zero-order valence-electron chi connectivity index (χ0n) is 7.56. The molecule has 1 aliphatic rings. The van der Waals surface area contributed by atoms with Crippen LogP contribution in [0, 0.1) is 17.8 Å². The third kappa shape index (κ3) is 1.74. The molecule has 0 radical (unpaired) electrons. The van der Waals surface area contributed by atoms with Crippen molar-refractivity contribution in [2.75, 3.05) is 0 Å². The van der Waals surface area contributed by atoms with Crippen molar-refractivity contribution in [3.8, 4) is 0 Å². The van der Waals surface area contributed by atoms with Crippen LogP contribution in [0.3, 0.4) is 0 Å². The normalized spacial score (nSPS) is 33.6. The molecule has 0 aliphatic heterocycles. The van der Waals surface area contributed by atoms with Gasteiger partial charge in [-0.05, 0) is 30.6 Å². The average Bonchev–Trinajstić information content (AvgIpc) is 2.34. The minimum Gasteiger partial charge on any atom is -0.0651 e. The first-order chi connectivity index (χ1) is 4.74. The van der Waals surface area contributed by atoms with Crippen molar-refractivity contribution in [3.63, 3.8) is 0 Å². The monoisotopic (exact) mass is 140 g/mol. The predicted octanol–water partition coefficient (Wildman–Crippen LogP) is 3.47.